The first-order chi connectivity index (χ1) is 13.8. The maximum absolute atomic E-state index is 13.2. The topological polar surface area (TPSA) is 87.6 Å². The van der Waals surface area contributed by atoms with Crippen molar-refractivity contribution in [1.29, 1.82) is 0 Å². The summed E-state index contributed by atoms with van der Waals surface area (Å²) in [5.41, 5.74) is 1.11. The molecule has 0 amide bonds. The number of aromatic nitrogens is 1. The van der Waals surface area contributed by atoms with E-state index in [4.69, 9.17) is 0 Å². The Labute approximate surface area is 166 Å². The van der Waals surface area contributed by atoms with E-state index in [9.17, 15) is 22.7 Å². The van der Waals surface area contributed by atoms with Crippen molar-refractivity contribution in [1.82, 2.24) is 9.29 Å². The van der Waals surface area contributed by atoms with E-state index in [0.29, 0.717) is 11.1 Å². The fourth-order valence-corrected chi connectivity index (χ4v) is 4.60. The van der Waals surface area contributed by atoms with Crippen LogP contribution in [0.5, 0.6) is 0 Å². The van der Waals surface area contributed by atoms with Crippen molar-refractivity contribution in [2.45, 2.75) is 4.90 Å². The molecule has 0 radical (unpaired) electrons. The van der Waals surface area contributed by atoms with Crippen LogP contribution in [-0.2, 0) is 10.0 Å². The monoisotopic (exact) mass is 410 g/mol. The lowest BCUT2D eigenvalue weighted by molar-refractivity contribution is 0.101. The Bertz CT molecular complexity index is 1270. The molecule has 0 bridgehead atoms. The minimum absolute atomic E-state index is 0.0670. The quantitative estimate of drug-likeness (QED) is 0.526. The van der Waals surface area contributed by atoms with Crippen LogP contribution in [0.1, 0.15) is 15.9 Å². The maximum Gasteiger partial charge on any atom is 0.265 e. The zero-order valence-corrected chi connectivity index (χ0v) is 16.0. The standard InChI is InChI=1S/C21H15FN2O4S/c1-24-19(21(26)16-7-2-3-8-17(16)29(24,27)28)20(25)14-6-4-5-13(11-14)15-9-10-18(22)23-12-15/h2-12,26H,1H3. The lowest BCUT2D eigenvalue weighted by atomic mass is 9.99. The molecule has 1 N–H and O–H groups in total. The van der Waals surface area contributed by atoms with Crippen LogP contribution in [0.3, 0.4) is 0 Å². The number of aliphatic hydroxyl groups excluding tert-OH is 1. The van der Waals surface area contributed by atoms with Gasteiger partial charge in [0.15, 0.2) is 5.76 Å². The highest BCUT2D eigenvalue weighted by molar-refractivity contribution is 7.89. The van der Waals surface area contributed by atoms with E-state index >= 15 is 0 Å². The van der Waals surface area contributed by atoms with E-state index in [1.807, 2.05) is 0 Å². The van der Waals surface area contributed by atoms with E-state index < -0.39 is 27.5 Å². The fraction of sp³-hybridized carbons (Fsp3) is 0.0476. The molecule has 0 saturated carbocycles. The number of pyridine rings is 1. The van der Waals surface area contributed by atoms with Crippen LogP contribution in [-0.4, -0.2) is 35.6 Å². The number of nitrogens with zero attached hydrogens (tertiary/aromatic N) is 2. The van der Waals surface area contributed by atoms with Gasteiger partial charge in [0.05, 0.1) is 4.90 Å². The predicted molar refractivity (Wildman–Crippen MR) is 105 cm³/mol. The zero-order chi connectivity index (χ0) is 20.8. The number of carbonyl (C=O) groups excluding carboxylic acids is 1. The van der Waals surface area contributed by atoms with E-state index in [2.05, 4.69) is 4.98 Å². The zero-order valence-electron chi connectivity index (χ0n) is 15.2. The molecule has 0 aliphatic carbocycles. The van der Waals surface area contributed by atoms with Crippen molar-refractivity contribution in [2.24, 2.45) is 0 Å². The van der Waals surface area contributed by atoms with E-state index in [1.54, 1.807) is 30.3 Å². The predicted octanol–water partition coefficient (Wildman–Crippen LogP) is 3.63. The van der Waals surface area contributed by atoms with Crippen LogP contribution in [0.15, 0.2) is 77.5 Å². The van der Waals surface area contributed by atoms with Crippen molar-refractivity contribution in [3.05, 3.63) is 89.6 Å². The average Bonchev–Trinajstić information content (AvgIpc) is 2.73. The van der Waals surface area contributed by atoms with Crippen LogP contribution in [0.4, 0.5) is 4.39 Å². The highest BCUT2D eigenvalue weighted by Gasteiger charge is 2.37. The number of Topliss-reactive ketones (excluding diaryl/α,β-unsaturated/α-hetero) is 1. The molecule has 0 fully saturated rings. The molecule has 1 aliphatic heterocycles. The number of allylic oxidation sites excluding steroid dienone is 1. The van der Waals surface area contributed by atoms with Crippen molar-refractivity contribution in [2.75, 3.05) is 7.05 Å². The highest BCUT2D eigenvalue weighted by atomic mass is 32.2. The van der Waals surface area contributed by atoms with Crippen LogP contribution in [0.25, 0.3) is 16.9 Å². The summed E-state index contributed by atoms with van der Waals surface area (Å²) in [6.07, 6.45) is 1.34. The molecule has 1 aromatic heterocycles. The number of carbonyl (C=O) groups is 1. The molecule has 8 heteroatoms. The lowest BCUT2D eigenvalue weighted by Crippen LogP contribution is -2.35. The summed E-state index contributed by atoms with van der Waals surface area (Å²) in [4.78, 5) is 16.7. The van der Waals surface area contributed by atoms with Gasteiger partial charge < -0.3 is 5.11 Å². The summed E-state index contributed by atoms with van der Waals surface area (Å²) in [5.74, 6) is -1.68. The number of likely N-dealkylation sites (N-methyl/N-ethyl adjacent to an activating group) is 1. The van der Waals surface area contributed by atoms with Gasteiger partial charge in [-0.05, 0) is 35.9 Å². The van der Waals surface area contributed by atoms with Crippen molar-refractivity contribution in [3.63, 3.8) is 0 Å². The Morgan fingerprint density at radius 3 is 2.52 bits per heavy atom. The van der Waals surface area contributed by atoms with Gasteiger partial charge in [-0.3, -0.25) is 9.10 Å². The van der Waals surface area contributed by atoms with Crippen molar-refractivity contribution < 1.29 is 22.7 Å². The number of hydrogen-bond acceptors (Lipinski definition) is 5. The number of hydrogen-bond donors (Lipinski definition) is 1. The second kappa shape index (κ2) is 6.82. The van der Waals surface area contributed by atoms with E-state index in [1.165, 1.54) is 43.6 Å². The molecule has 1 aliphatic rings. The Morgan fingerprint density at radius 1 is 1.03 bits per heavy atom. The summed E-state index contributed by atoms with van der Waals surface area (Å²) in [5, 5.41) is 10.7. The van der Waals surface area contributed by atoms with Gasteiger partial charge in [0.1, 0.15) is 5.70 Å². The Hall–Kier alpha value is -3.52. The normalized spacial score (nSPS) is 15.2. The number of ketones is 1. The Morgan fingerprint density at radius 2 is 1.79 bits per heavy atom. The molecule has 0 unspecified atom stereocenters. The van der Waals surface area contributed by atoms with Crippen molar-refractivity contribution in [3.8, 4) is 11.1 Å². The summed E-state index contributed by atoms with van der Waals surface area (Å²) < 4.78 is 39.5. The van der Waals surface area contributed by atoms with E-state index in [-0.39, 0.29) is 21.7 Å². The smallest absolute Gasteiger partial charge is 0.265 e. The first-order valence-electron chi connectivity index (χ1n) is 8.59. The number of fused-ring (bicyclic) bond motifs is 1. The molecule has 2 aromatic carbocycles. The lowest BCUT2D eigenvalue weighted by Gasteiger charge is -2.28. The summed E-state index contributed by atoms with van der Waals surface area (Å²) in [6, 6.07) is 15.1. The first-order valence-corrected chi connectivity index (χ1v) is 10.0. The number of benzene rings is 2. The molecule has 146 valence electrons. The van der Waals surface area contributed by atoms with Gasteiger partial charge in [0, 0.05) is 29.9 Å². The molecule has 0 saturated heterocycles. The SMILES string of the molecule is CN1C(C(=O)c2cccc(-c3ccc(F)nc3)c2)=C(O)c2ccccc2S1(=O)=O. The fourth-order valence-electron chi connectivity index (χ4n) is 3.21. The van der Waals surface area contributed by atoms with Gasteiger partial charge in [0.2, 0.25) is 11.7 Å². The van der Waals surface area contributed by atoms with Crippen LogP contribution < -0.4 is 0 Å². The van der Waals surface area contributed by atoms with Crippen LogP contribution in [0, 0.1) is 5.95 Å². The first kappa shape index (κ1) is 18.8. The number of aliphatic hydroxyl groups is 1. The molecule has 3 aromatic rings. The Kier molecular flexibility index (Phi) is 4.43. The van der Waals surface area contributed by atoms with E-state index in [0.717, 1.165) is 4.31 Å². The molecule has 2 heterocycles. The third-order valence-electron chi connectivity index (χ3n) is 4.72. The molecule has 0 atom stereocenters. The van der Waals surface area contributed by atoms with Gasteiger partial charge in [-0.25, -0.2) is 13.4 Å². The second-order valence-corrected chi connectivity index (χ2v) is 8.38. The summed E-state index contributed by atoms with van der Waals surface area (Å²) in [6.45, 7) is 0. The van der Waals surface area contributed by atoms with Gasteiger partial charge in [-0.2, -0.15) is 4.39 Å². The molecule has 6 nitrogen and oxygen atoms in total. The largest absolute Gasteiger partial charge is 0.505 e. The van der Waals surface area contributed by atoms with Gasteiger partial charge in [-0.15, -0.1) is 0 Å². The average molecular weight is 410 g/mol. The van der Waals surface area contributed by atoms with Gasteiger partial charge in [0.25, 0.3) is 10.0 Å². The molecular weight excluding hydrogens is 395 g/mol. The Balaban J connectivity index is 1.83. The van der Waals surface area contributed by atoms with Gasteiger partial charge in [-0.1, -0.05) is 30.3 Å². The van der Waals surface area contributed by atoms with Gasteiger partial charge >= 0.3 is 0 Å². The molecule has 4 rings (SSSR count). The number of sulfonamides is 1. The minimum Gasteiger partial charge on any atom is -0.505 e. The number of rotatable bonds is 3. The summed E-state index contributed by atoms with van der Waals surface area (Å²) in [7, 11) is -2.76. The third-order valence-corrected chi connectivity index (χ3v) is 6.54. The molecule has 0 spiro atoms. The van der Waals surface area contributed by atoms with Crippen LogP contribution >= 0.6 is 0 Å². The summed E-state index contributed by atoms with van der Waals surface area (Å²) >= 11 is 0. The maximum atomic E-state index is 13.2. The second-order valence-electron chi connectivity index (χ2n) is 6.45. The number of halogens is 1. The molecule has 29 heavy (non-hydrogen) atoms. The highest BCUT2D eigenvalue weighted by Crippen LogP contribution is 2.36. The molecular formula is C21H15FN2O4S. The third kappa shape index (κ3) is 3.07. The van der Waals surface area contributed by atoms with Crippen molar-refractivity contribution >= 4 is 21.6 Å². The minimum atomic E-state index is -3.98. The van der Waals surface area contributed by atoms with Crippen LogP contribution in [0.2, 0.25) is 0 Å².